The summed E-state index contributed by atoms with van der Waals surface area (Å²) >= 11 is 0. The van der Waals surface area contributed by atoms with Crippen LogP contribution in [0.5, 0.6) is 0 Å². The number of ether oxygens (including phenoxy) is 1. The number of esters is 1. The number of hydrogen-bond acceptors (Lipinski definition) is 5. The molecule has 2 aromatic rings. The predicted molar refractivity (Wildman–Crippen MR) is 109 cm³/mol. The van der Waals surface area contributed by atoms with E-state index in [-0.39, 0.29) is 22.6 Å². The second kappa shape index (κ2) is 6.87. The number of nitro groups is 1. The van der Waals surface area contributed by atoms with Crippen molar-refractivity contribution >= 4 is 17.3 Å². The Morgan fingerprint density at radius 2 is 1.93 bits per heavy atom. The van der Waals surface area contributed by atoms with Crippen LogP contribution in [0.2, 0.25) is 0 Å². The van der Waals surface area contributed by atoms with Crippen LogP contribution < -0.4 is 5.32 Å². The Labute approximate surface area is 169 Å². The van der Waals surface area contributed by atoms with Crippen LogP contribution in [-0.2, 0) is 4.74 Å². The molecule has 1 aliphatic heterocycles. The number of carbonyl (C=O) groups excluding carboxylic acids is 1. The van der Waals surface area contributed by atoms with E-state index < -0.39 is 0 Å². The van der Waals surface area contributed by atoms with Crippen molar-refractivity contribution in [3.8, 4) is 0 Å². The van der Waals surface area contributed by atoms with E-state index in [9.17, 15) is 14.9 Å². The highest BCUT2D eigenvalue weighted by Gasteiger charge is 2.53. The molecule has 2 saturated carbocycles. The molecule has 2 bridgehead atoms. The second-order valence-corrected chi connectivity index (χ2v) is 8.43. The van der Waals surface area contributed by atoms with E-state index >= 15 is 0 Å². The topological polar surface area (TPSA) is 81.5 Å². The van der Waals surface area contributed by atoms with Gasteiger partial charge in [-0.15, -0.1) is 0 Å². The van der Waals surface area contributed by atoms with Crippen molar-refractivity contribution in [2.75, 3.05) is 11.9 Å². The fourth-order valence-electron chi connectivity index (χ4n) is 5.96. The number of fused-ring (bicyclic) bond motifs is 7. The average molecular weight is 392 g/mol. The Hall–Kier alpha value is -2.89. The number of benzene rings is 2. The predicted octanol–water partition coefficient (Wildman–Crippen LogP) is 5.07. The summed E-state index contributed by atoms with van der Waals surface area (Å²) in [5.41, 5.74) is 4.12. The van der Waals surface area contributed by atoms with Crippen LogP contribution in [0.4, 0.5) is 11.4 Å². The van der Waals surface area contributed by atoms with Crippen LogP contribution in [0.25, 0.3) is 0 Å². The first kappa shape index (κ1) is 18.2. The number of nitrogens with one attached hydrogen (secondary N) is 1. The summed E-state index contributed by atoms with van der Waals surface area (Å²) in [6.07, 6.45) is 3.70. The fourth-order valence-corrected chi connectivity index (χ4v) is 5.96. The zero-order valence-corrected chi connectivity index (χ0v) is 16.3. The molecule has 150 valence electrons. The molecule has 1 heterocycles. The Bertz CT molecular complexity index is 971. The highest BCUT2D eigenvalue weighted by molar-refractivity contribution is 5.90. The molecule has 0 aromatic heterocycles. The summed E-state index contributed by atoms with van der Waals surface area (Å²) in [6, 6.07) is 12.9. The van der Waals surface area contributed by atoms with E-state index in [0.717, 1.165) is 11.3 Å². The third-order valence-electron chi connectivity index (χ3n) is 7.06. The van der Waals surface area contributed by atoms with Crippen molar-refractivity contribution in [1.29, 1.82) is 0 Å². The molecule has 0 unspecified atom stereocenters. The lowest BCUT2D eigenvalue weighted by Gasteiger charge is -2.43. The van der Waals surface area contributed by atoms with Gasteiger partial charge in [0, 0.05) is 17.8 Å². The molecule has 6 nitrogen and oxygen atoms in total. The zero-order valence-electron chi connectivity index (χ0n) is 16.3. The molecule has 29 heavy (non-hydrogen) atoms. The highest BCUT2D eigenvalue weighted by atomic mass is 16.6. The Morgan fingerprint density at radius 1 is 1.17 bits per heavy atom. The summed E-state index contributed by atoms with van der Waals surface area (Å²) in [4.78, 5) is 22.9. The maximum Gasteiger partial charge on any atom is 0.338 e. The molecular formula is C23H24N2O4. The van der Waals surface area contributed by atoms with Gasteiger partial charge in [0.05, 0.1) is 23.1 Å². The van der Waals surface area contributed by atoms with Crippen molar-refractivity contribution in [2.45, 2.75) is 38.1 Å². The standard InChI is InChI=1S/C23H24N2O4/c1-2-29-23(26)16-7-10-19-18(12-16)20-14-3-4-15(11-14)21(20)22(24-19)13-5-8-17(9-6-13)25(27)28/h5-10,12,14-15,20-22,24H,2-4,11H2,1H3/t14-,15-,20-,21-,22-/m0/s1. The molecule has 2 fully saturated rings. The molecule has 5 atom stereocenters. The van der Waals surface area contributed by atoms with Gasteiger partial charge in [-0.2, -0.15) is 0 Å². The van der Waals surface area contributed by atoms with Crippen LogP contribution in [0, 0.1) is 27.9 Å². The monoisotopic (exact) mass is 392 g/mol. The zero-order chi connectivity index (χ0) is 20.1. The molecule has 1 N–H and O–H groups in total. The molecule has 0 saturated heterocycles. The molecular weight excluding hydrogens is 368 g/mol. The van der Waals surface area contributed by atoms with Crippen LogP contribution in [0.1, 0.15) is 59.6 Å². The minimum atomic E-state index is -0.357. The van der Waals surface area contributed by atoms with Gasteiger partial charge < -0.3 is 10.1 Å². The SMILES string of the molecule is CCOC(=O)c1ccc2c(c1)[C@@H]1[C@H]3CC[C@@H](C3)[C@@H]1[C@H](c1ccc([N+](=O)[O-])cc1)N2. The summed E-state index contributed by atoms with van der Waals surface area (Å²) in [6.45, 7) is 2.19. The smallest absolute Gasteiger partial charge is 0.338 e. The second-order valence-electron chi connectivity index (χ2n) is 8.43. The summed E-state index contributed by atoms with van der Waals surface area (Å²) in [5.74, 6) is 1.88. The van der Waals surface area contributed by atoms with Gasteiger partial charge >= 0.3 is 5.97 Å². The molecule has 6 heteroatoms. The maximum atomic E-state index is 12.3. The summed E-state index contributed by atoms with van der Waals surface area (Å²) < 4.78 is 5.20. The molecule has 0 spiro atoms. The lowest BCUT2D eigenvalue weighted by molar-refractivity contribution is -0.384. The number of anilines is 1. The number of carbonyl (C=O) groups is 1. The van der Waals surface area contributed by atoms with E-state index in [0.29, 0.717) is 35.8 Å². The molecule has 0 radical (unpaired) electrons. The fraction of sp³-hybridized carbons (Fsp3) is 0.435. The molecule has 2 aromatic carbocycles. The first-order valence-electron chi connectivity index (χ1n) is 10.4. The van der Waals surface area contributed by atoms with Crippen LogP contribution in [0.3, 0.4) is 0 Å². The van der Waals surface area contributed by atoms with Crippen molar-refractivity contribution in [2.24, 2.45) is 17.8 Å². The summed E-state index contributed by atoms with van der Waals surface area (Å²) in [7, 11) is 0. The first-order chi connectivity index (χ1) is 14.1. The van der Waals surface area contributed by atoms with Crippen molar-refractivity contribution in [3.05, 3.63) is 69.3 Å². The van der Waals surface area contributed by atoms with Gasteiger partial charge in [0.1, 0.15) is 0 Å². The third kappa shape index (κ3) is 2.89. The van der Waals surface area contributed by atoms with Crippen molar-refractivity contribution < 1.29 is 14.5 Å². The molecule has 3 aliphatic rings. The number of rotatable bonds is 4. The van der Waals surface area contributed by atoms with Gasteiger partial charge in [-0.1, -0.05) is 12.1 Å². The normalized spacial score (nSPS) is 28.9. The van der Waals surface area contributed by atoms with E-state index in [1.165, 1.54) is 24.8 Å². The number of nitrogens with zero attached hydrogens (tertiary/aromatic N) is 1. The highest BCUT2D eigenvalue weighted by Crippen LogP contribution is 2.63. The number of hydrogen-bond donors (Lipinski definition) is 1. The van der Waals surface area contributed by atoms with E-state index in [1.807, 2.05) is 37.3 Å². The minimum absolute atomic E-state index is 0.119. The van der Waals surface area contributed by atoms with Gasteiger partial charge in [-0.25, -0.2) is 4.79 Å². The average Bonchev–Trinajstić information content (AvgIpc) is 3.36. The number of non-ortho nitro benzene ring substituents is 1. The Morgan fingerprint density at radius 3 is 2.66 bits per heavy atom. The Balaban J connectivity index is 1.54. The minimum Gasteiger partial charge on any atom is -0.462 e. The van der Waals surface area contributed by atoms with Gasteiger partial charge in [-0.3, -0.25) is 10.1 Å². The summed E-state index contributed by atoms with van der Waals surface area (Å²) in [5, 5.41) is 14.7. The van der Waals surface area contributed by atoms with Gasteiger partial charge in [0.25, 0.3) is 5.69 Å². The van der Waals surface area contributed by atoms with Crippen LogP contribution in [0.15, 0.2) is 42.5 Å². The lowest BCUT2D eigenvalue weighted by atomic mass is 9.68. The lowest BCUT2D eigenvalue weighted by Crippen LogP contribution is -2.35. The third-order valence-corrected chi connectivity index (χ3v) is 7.06. The van der Waals surface area contributed by atoms with Crippen molar-refractivity contribution in [3.63, 3.8) is 0 Å². The quantitative estimate of drug-likeness (QED) is 0.446. The van der Waals surface area contributed by atoms with E-state index in [1.54, 1.807) is 12.1 Å². The van der Waals surface area contributed by atoms with Gasteiger partial charge in [0.2, 0.25) is 0 Å². The molecule has 0 amide bonds. The van der Waals surface area contributed by atoms with Gasteiger partial charge in [-0.05, 0) is 79.2 Å². The molecule has 5 rings (SSSR count). The van der Waals surface area contributed by atoms with Crippen molar-refractivity contribution in [1.82, 2.24) is 0 Å². The Kier molecular flexibility index (Phi) is 4.30. The van der Waals surface area contributed by atoms with E-state index in [2.05, 4.69) is 5.32 Å². The first-order valence-corrected chi connectivity index (χ1v) is 10.4. The van der Waals surface area contributed by atoms with E-state index in [4.69, 9.17) is 4.74 Å². The van der Waals surface area contributed by atoms with Crippen LogP contribution >= 0.6 is 0 Å². The molecule has 2 aliphatic carbocycles. The van der Waals surface area contributed by atoms with Gasteiger partial charge in [0.15, 0.2) is 0 Å². The largest absolute Gasteiger partial charge is 0.462 e. The number of nitro benzene ring substituents is 1. The van der Waals surface area contributed by atoms with Crippen LogP contribution in [-0.4, -0.2) is 17.5 Å². The maximum absolute atomic E-state index is 12.3.